The van der Waals surface area contributed by atoms with Gasteiger partial charge in [0.15, 0.2) is 0 Å². The number of benzene rings is 3. The summed E-state index contributed by atoms with van der Waals surface area (Å²) in [7, 11) is 0. The fourth-order valence-corrected chi connectivity index (χ4v) is 2.71. The SMILES string of the molecule is CCc1ccc(-c2ccc(CN)cc2OCc2ccccc2)cc1.Cl. The van der Waals surface area contributed by atoms with Crippen LogP contribution in [0.15, 0.2) is 72.8 Å². The van der Waals surface area contributed by atoms with E-state index in [0.29, 0.717) is 13.2 Å². The number of rotatable bonds is 6. The molecule has 0 aliphatic carbocycles. The van der Waals surface area contributed by atoms with E-state index in [1.54, 1.807) is 0 Å². The zero-order valence-electron chi connectivity index (χ0n) is 14.4. The molecule has 3 rings (SSSR count). The van der Waals surface area contributed by atoms with Crippen molar-refractivity contribution in [2.24, 2.45) is 5.73 Å². The minimum atomic E-state index is 0. The molecule has 130 valence electrons. The fraction of sp³-hybridized carbons (Fsp3) is 0.182. The molecule has 3 heteroatoms. The van der Waals surface area contributed by atoms with E-state index in [4.69, 9.17) is 10.5 Å². The van der Waals surface area contributed by atoms with Gasteiger partial charge in [-0.25, -0.2) is 0 Å². The van der Waals surface area contributed by atoms with Crippen LogP contribution < -0.4 is 10.5 Å². The van der Waals surface area contributed by atoms with Crippen LogP contribution in [0, 0.1) is 0 Å². The van der Waals surface area contributed by atoms with E-state index < -0.39 is 0 Å². The van der Waals surface area contributed by atoms with Crippen LogP contribution in [0.2, 0.25) is 0 Å². The molecule has 0 fully saturated rings. The Bertz CT molecular complexity index is 785. The maximum atomic E-state index is 6.12. The van der Waals surface area contributed by atoms with Crippen LogP contribution in [-0.2, 0) is 19.6 Å². The summed E-state index contributed by atoms with van der Waals surface area (Å²) in [5.74, 6) is 0.881. The first-order chi connectivity index (χ1) is 11.8. The number of nitrogens with two attached hydrogens (primary N) is 1. The lowest BCUT2D eigenvalue weighted by atomic mass is 10.0. The number of ether oxygens (including phenoxy) is 1. The summed E-state index contributed by atoms with van der Waals surface area (Å²) in [4.78, 5) is 0. The van der Waals surface area contributed by atoms with Gasteiger partial charge in [0.25, 0.3) is 0 Å². The number of aryl methyl sites for hydroxylation is 1. The van der Waals surface area contributed by atoms with Gasteiger partial charge >= 0.3 is 0 Å². The van der Waals surface area contributed by atoms with E-state index in [1.807, 2.05) is 24.3 Å². The standard InChI is InChI=1S/C22H23NO.ClH/c1-2-17-8-11-20(12-9-17)21-13-10-19(15-23)14-22(21)24-16-18-6-4-3-5-7-18;/h3-14H,2,15-16,23H2,1H3;1H. The number of halogens is 1. The Hall–Kier alpha value is -2.29. The number of hydrogen-bond donors (Lipinski definition) is 1. The molecule has 0 spiro atoms. The average Bonchev–Trinajstić information content (AvgIpc) is 2.67. The van der Waals surface area contributed by atoms with Crippen LogP contribution in [0.25, 0.3) is 11.1 Å². The maximum Gasteiger partial charge on any atom is 0.127 e. The molecule has 3 aromatic rings. The van der Waals surface area contributed by atoms with E-state index >= 15 is 0 Å². The van der Waals surface area contributed by atoms with Crippen LogP contribution in [-0.4, -0.2) is 0 Å². The van der Waals surface area contributed by atoms with E-state index in [0.717, 1.165) is 28.9 Å². The van der Waals surface area contributed by atoms with Crippen molar-refractivity contribution in [2.45, 2.75) is 26.5 Å². The summed E-state index contributed by atoms with van der Waals surface area (Å²) in [6.07, 6.45) is 1.05. The van der Waals surface area contributed by atoms with Crippen molar-refractivity contribution in [3.63, 3.8) is 0 Å². The average molecular weight is 354 g/mol. The molecule has 2 N–H and O–H groups in total. The van der Waals surface area contributed by atoms with Crippen molar-refractivity contribution in [1.29, 1.82) is 0 Å². The van der Waals surface area contributed by atoms with Crippen molar-refractivity contribution in [1.82, 2.24) is 0 Å². The van der Waals surface area contributed by atoms with Gasteiger partial charge < -0.3 is 10.5 Å². The zero-order valence-corrected chi connectivity index (χ0v) is 15.3. The lowest BCUT2D eigenvalue weighted by Crippen LogP contribution is -2.00. The normalized spacial score (nSPS) is 10.2. The molecule has 2 nitrogen and oxygen atoms in total. The first kappa shape index (κ1) is 19.0. The highest BCUT2D eigenvalue weighted by Gasteiger charge is 2.08. The molecule has 0 aliphatic heterocycles. The molecular formula is C22H24ClNO. The van der Waals surface area contributed by atoms with Gasteiger partial charge in [-0.05, 0) is 34.7 Å². The smallest absolute Gasteiger partial charge is 0.127 e. The fourth-order valence-electron chi connectivity index (χ4n) is 2.71. The third kappa shape index (κ3) is 4.85. The van der Waals surface area contributed by atoms with E-state index in [2.05, 4.69) is 55.5 Å². The Balaban J connectivity index is 0.00000225. The van der Waals surface area contributed by atoms with Gasteiger partial charge in [0.05, 0.1) is 0 Å². The van der Waals surface area contributed by atoms with Gasteiger partial charge in [-0.15, -0.1) is 12.4 Å². The summed E-state index contributed by atoms with van der Waals surface area (Å²) in [5.41, 5.74) is 11.6. The first-order valence-corrected chi connectivity index (χ1v) is 8.39. The molecule has 0 amide bonds. The largest absolute Gasteiger partial charge is 0.488 e. The van der Waals surface area contributed by atoms with Crippen molar-refractivity contribution in [3.05, 3.63) is 89.5 Å². The highest BCUT2D eigenvalue weighted by atomic mass is 35.5. The third-order valence-corrected chi connectivity index (χ3v) is 4.19. The van der Waals surface area contributed by atoms with Crippen molar-refractivity contribution in [2.75, 3.05) is 0 Å². The molecule has 0 aliphatic rings. The van der Waals surface area contributed by atoms with Crippen LogP contribution in [0.3, 0.4) is 0 Å². The van der Waals surface area contributed by atoms with Crippen molar-refractivity contribution >= 4 is 12.4 Å². The summed E-state index contributed by atoms with van der Waals surface area (Å²) >= 11 is 0. The van der Waals surface area contributed by atoms with Gasteiger partial charge in [0.1, 0.15) is 12.4 Å². The van der Waals surface area contributed by atoms with Crippen LogP contribution >= 0.6 is 12.4 Å². The van der Waals surface area contributed by atoms with Crippen LogP contribution in [0.5, 0.6) is 5.75 Å². The van der Waals surface area contributed by atoms with Gasteiger partial charge in [0.2, 0.25) is 0 Å². The highest BCUT2D eigenvalue weighted by Crippen LogP contribution is 2.32. The van der Waals surface area contributed by atoms with Crippen molar-refractivity contribution in [3.8, 4) is 16.9 Å². The summed E-state index contributed by atoms with van der Waals surface area (Å²) in [6, 6.07) is 25.1. The Morgan fingerprint density at radius 3 is 2.12 bits per heavy atom. The number of hydrogen-bond acceptors (Lipinski definition) is 2. The van der Waals surface area contributed by atoms with E-state index in [9.17, 15) is 0 Å². The van der Waals surface area contributed by atoms with E-state index in [-0.39, 0.29) is 12.4 Å². The summed E-state index contributed by atoms with van der Waals surface area (Å²) < 4.78 is 6.12. The first-order valence-electron chi connectivity index (χ1n) is 8.39. The van der Waals surface area contributed by atoms with Gasteiger partial charge in [0, 0.05) is 12.1 Å². The molecular weight excluding hydrogens is 330 g/mol. The minimum absolute atomic E-state index is 0. The van der Waals surface area contributed by atoms with Crippen LogP contribution in [0.1, 0.15) is 23.6 Å². The molecule has 0 atom stereocenters. The Morgan fingerprint density at radius 2 is 1.48 bits per heavy atom. The minimum Gasteiger partial charge on any atom is -0.488 e. The molecule has 0 radical (unpaired) electrons. The third-order valence-electron chi connectivity index (χ3n) is 4.19. The molecule has 0 saturated heterocycles. The summed E-state index contributed by atoms with van der Waals surface area (Å²) in [5, 5.41) is 0. The van der Waals surface area contributed by atoms with Crippen molar-refractivity contribution < 1.29 is 4.74 Å². The second-order valence-corrected chi connectivity index (χ2v) is 5.86. The Labute approximate surface area is 156 Å². The predicted molar refractivity (Wildman–Crippen MR) is 107 cm³/mol. The quantitative estimate of drug-likeness (QED) is 0.646. The second kappa shape index (κ2) is 9.26. The molecule has 3 aromatic carbocycles. The zero-order chi connectivity index (χ0) is 16.8. The van der Waals surface area contributed by atoms with Gasteiger partial charge in [-0.1, -0.05) is 73.7 Å². The molecule has 25 heavy (non-hydrogen) atoms. The summed E-state index contributed by atoms with van der Waals surface area (Å²) in [6.45, 7) is 3.23. The lowest BCUT2D eigenvalue weighted by Gasteiger charge is -2.14. The second-order valence-electron chi connectivity index (χ2n) is 5.86. The topological polar surface area (TPSA) is 35.2 Å². The maximum absolute atomic E-state index is 6.12. The lowest BCUT2D eigenvalue weighted by molar-refractivity contribution is 0.307. The molecule has 0 saturated carbocycles. The Kier molecular flexibility index (Phi) is 7.05. The van der Waals surface area contributed by atoms with Crippen LogP contribution in [0.4, 0.5) is 0 Å². The predicted octanol–water partition coefficient (Wildman–Crippen LogP) is 5.38. The van der Waals surface area contributed by atoms with Gasteiger partial charge in [-0.3, -0.25) is 0 Å². The van der Waals surface area contributed by atoms with Gasteiger partial charge in [-0.2, -0.15) is 0 Å². The molecule has 0 unspecified atom stereocenters. The van der Waals surface area contributed by atoms with E-state index in [1.165, 1.54) is 11.1 Å². The highest BCUT2D eigenvalue weighted by molar-refractivity contribution is 5.85. The molecule has 0 heterocycles. The Morgan fingerprint density at radius 1 is 0.800 bits per heavy atom. The molecule has 0 bridgehead atoms. The monoisotopic (exact) mass is 353 g/mol. The molecule has 0 aromatic heterocycles.